The molecule has 0 aliphatic heterocycles. The van der Waals surface area contributed by atoms with Crippen molar-refractivity contribution < 1.29 is 27.9 Å². The molecule has 0 fully saturated rings. The fourth-order valence-corrected chi connectivity index (χ4v) is 3.77. The number of carbonyl (C=O) groups is 2. The lowest BCUT2D eigenvalue weighted by Crippen LogP contribution is -2.51. The number of ether oxygens (including phenoxy) is 2. The molecule has 1 heterocycles. The van der Waals surface area contributed by atoms with Gasteiger partial charge in [0.05, 0.1) is 13.3 Å². The predicted molar refractivity (Wildman–Crippen MR) is 130 cm³/mol. The number of nitrogens with zero attached hydrogens (tertiary/aromatic N) is 2. The van der Waals surface area contributed by atoms with Gasteiger partial charge in [0.25, 0.3) is 0 Å². The van der Waals surface area contributed by atoms with Crippen LogP contribution in [0.15, 0.2) is 59.0 Å². The summed E-state index contributed by atoms with van der Waals surface area (Å²) in [6.07, 6.45) is 0.850. The van der Waals surface area contributed by atoms with E-state index < -0.39 is 18.7 Å². The first kappa shape index (κ1) is 26.3. The number of alkyl halides is 1. The van der Waals surface area contributed by atoms with Crippen LogP contribution in [0.1, 0.15) is 38.1 Å². The van der Waals surface area contributed by atoms with Gasteiger partial charge in [-0.3, -0.25) is 9.18 Å². The van der Waals surface area contributed by atoms with Gasteiger partial charge in [-0.2, -0.15) is 0 Å². The molecular weight excluding hydrogens is 451 g/mol. The number of para-hydroxylation sites is 2. The molecule has 1 aromatic heterocycles. The lowest BCUT2D eigenvalue weighted by atomic mass is 9.97. The maximum absolute atomic E-state index is 13.5. The number of benzene rings is 2. The van der Waals surface area contributed by atoms with Crippen molar-refractivity contribution in [3.8, 4) is 0 Å². The number of oxazole rings is 1. The summed E-state index contributed by atoms with van der Waals surface area (Å²) in [5.41, 5.74) is 2.12. The lowest BCUT2D eigenvalue weighted by Gasteiger charge is -2.33. The Balaban J connectivity index is 1.77. The molecule has 0 spiro atoms. The standard InChI is InChI=1S/C27H33FN2O5/c1-3-20(2)26(27(32)34-19-21-10-5-4-6-11-21)30(15-17-33-16-9-14-28)25(31)18-24-29-22-12-7-8-13-23(22)35-24/h4-8,10-13,20,26H,3,9,14-19H2,1-2H3/t20-,26-/m0/s1. The smallest absolute Gasteiger partial charge is 0.329 e. The minimum absolute atomic E-state index is 0.0991. The minimum atomic E-state index is -0.801. The van der Waals surface area contributed by atoms with E-state index in [4.69, 9.17) is 13.9 Å². The van der Waals surface area contributed by atoms with Crippen LogP contribution in [0.2, 0.25) is 0 Å². The second kappa shape index (κ2) is 13.6. The molecule has 3 aromatic rings. The van der Waals surface area contributed by atoms with Crippen LogP contribution in [0.5, 0.6) is 0 Å². The van der Waals surface area contributed by atoms with E-state index in [1.165, 1.54) is 4.90 Å². The van der Waals surface area contributed by atoms with Crippen molar-refractivity contribution in [1.29, 1.82) is 0 Å². The Hall–Kier alpha value is -3.26. The molecule has 1 amide bonds. The summed E-state index contributed by atoms with van der Waals surface area (Å²) in [5, 5.41) is 0. The zero-order valence-electron chi connectivity index (χ0n) is 20.3. The molecule has 0 saturated heterocycles. The van der Waals surface area contributed by atoms with Crippen molar-refractivity contribution in [3.05, 3.63) is 66.1 Å². The molecule has 7 nitrogen and oxygen atoms in total. The van der Waals surface area contributed by atoms with Gasteiger partial charge in [-0.05, 0) is 30.0 Å². The van der Waals surface area contributed by atoms with Crippen LogP contribution >= 0.6 is 0 Å². The molecular formula is C27H33FN2O5. The van der Waals surface area contributed by atoms with E-state index in [0.29, 0.717) is 17.5 Å². The second-order valence-corrected chi connectivity index (χ2v) is 8.42. The number of rotatable bonds is 14. The Labute approximate surface area is 205 Å². The highest BCUT2D eigenvalue weighted by Gasteiger charge is 2.35. The van der Waals surface area contributed by atoms with Gasteiger partial charge in [-0.15, -0.1) is 0 Å². The van der Waals surface area contributed by atoms with Gasteiger partial charge in [-0.1, -0.05) is 62.7 Å². The first-order valence-corrected chi connectivity index (χ1v) is 12.0. The van der Waals surface area contributed by atoms with Gasteiger partial charge in [0.15, 0.2) is 5.58 Å². The Kier molecular flexibility index (Phi) is 10.2. The molecule has 3 rings (SSSR count). The highest BCUT2D eigenvalue weighted by molar-refractivity contribution is 5.86. The minimum Gasteiger partial charge on any atom is -0.459 e. The first-order chi connectivity index (χ1) is 17.0. The summed E-state index contributed by atoms with van der Waals surface area (Å²) in [5.74, 6) is -0.665. The molecule has 0 aliphatic rings. The summed E-state index contributed by atoms with van der Waals surface area (Å²) in [7, 11) is 0. The van der Waals surface area contributed by atoms with Crippen molar-refractivity contribution in [1.82, 2.24) is 9.88 Å². The number of fused-ring (bicyclic) bond motifs is 1. The summed E-state index contributed by atoms with van der Waals surface area (Å²) >= 11 is 0. The van der Waals surface area contributed by atoms with Crippen LogP contribution in [0.3, 0.4) is 0 Å². The van der Waals surface area contributed by atoms with Crippen LogP contribution in [-0.2, 0) is 32.1 Å². The van der Waals surface area contributed by atoms with Gasteiger partial charge in [-0.25, -0.2) is 9.78 Å². The van der Waals surface area contributed by atoms with E-state index in [1.807, 2.05) is 62.4 Å². The zero-order valence-corrected chi connectivity index (χ0v) is 20.3. The third kappa shape index (κ3) is 7.62. The summed E-state index contributed by atoms with van der Waals surface area (Å²) in [6.45, 7) is 4.12. The van der Waals surface area contributed by atoms with Crippen LogP contribution in [0.4, 0.5) is 4.39 Å². The maximum atomic E-state index is 13.5. The van der Waals surface area contributed by atoms with E-state index >= 15 is 0 Å². The van der Waals surface area contributed by atoms with E-state index in [1.54, 1.807) is 6.07 Å². The van der Waals surface area contributed by atoms with Crippen LogP contribution in [-0.4, -0.2) is 54.2 Å². The molecule has 8 heteroatoms. The Morgan fingerprint density at radius 2 is 1.83 bits per heavy atom. The van der Waals surface area contributed by atoms with E-state index in [2.05, 4.69) is 4.98 Å². The number of hydrogen-bond donors (Lipinski definition) is 0. The highest BCUT2D eigenvalue weighted by Crippen LogP contribution is 2.21. The number of halogens is 1. The van der Waals surface area contributed by atoms with Crippen LogP contribution in [0.25, 0.3) is 11.1 Å². The highest BCUT2D eigenvalue weighted by atomic mass is 19.1. The van der Waals surface area contributed by atoms with Gasteiger partial charge >= 0.3 is 5.97 Å². The Bertz CT molecular complexity index is 1040. The van der Waals surface area contributed by atoms with Crippen molar-refractivity contribution in [2.75, 3.05) is 26.4 Å². The normalized spacial score (nSPS) is 12.9. The fraction of sp³-hybridized carbons (Fsp3) is 0.444. The molecule has 0 aliphatic carbocycles. The van der Waals surface area contributed by atoms with Crippen molar-refractivity contribution >= 4 is 23.0 Å². The van der Waals surface area contributed by atoms with E-state index in [-0.39, 0.29) is 56.9 Å². The van der Waals surface area contributed by atoms with E-state index in [0.717, 1.165) is 5.56 Å². The number of amides is 1. The zero-order chi connectivity index (χ0) is 25.0. The third-order valence-corrected chi connectivity index (χ3v) is 5.84. The molecule has 188 valence electrons. The molecule has 0 saturated carbocycles. The average molecular weight is 485 g/mol. The van der Waals surface area contributed by atoms with Gasteiger partial charge in [0.1, 0.15) is 24.6 Å². The van der Waals surface area contributed by atoms with Crippen molar-refractivity contribution in [2.24, 2.45) is 5.92 Å². The number of carbonyl (C=O) groups excluding carboxylic acids is 2. The summed E-state index contributed by atoms with van der Waals surface area (Å²) in [4.78, 5) is 32.6. The number of aromatic nitrogens is 1. The average Bonchev–Trinajstić information content (AvgIpc) is 3.29. The molecule has 35 heavy (non-hydrogen) atoms. The Morgan fingerprint density at radius 3 is 2.54 bits per heavy atom. The first-order valence-electron chi connectivity index (χ1n) is 12.0. The maximum Gasteiger partial charge on any atom is 0.329 e. The molecule has 2 atom stereocenters. The van der Waals surface area contributed by atoms with Crippen molar-refractivity contribution in [3.63, 3.8) is 0 Å². The SMILES string of the molecule is CC[C@H](C)[C@@H](C(=O)OCc1ccccc1)N(CCOCCCF)C(=O)Cc1nc2ccccc2o1. The molecule has 0 bridgehead atoms. The number of esters is 1. The van der Waals surface area contributed by atoms with Crippen LogP contribution < -0.4 is 0 Å². The molecule has 0 radical (unpaired) electrons. The van der Waals surface area contributed by atoms with Crippen molar-refractivity contribution in [2.45, 2.75) is 45.8 Å². The largest absolute Gasteiger partial charge is 0.459 e. The van der Waals surface area contributed by atoms with Gasteiger partial charge < -0.3 is 18.8 Å². The summed E-state index contributed by atoms with van der Waals surface area (Å²) in [6, 6.07) is 15.9. The lowest BCUT2D eigenvalue weighted by molar-refractivity contribution is -0.159. The summed E-state index contributed by atoms with van der Waals surface area (Å²) < 4.78 is 29.3. The molecule has 0 unspecified atom stereocenters. The quantitative estimate of drug-likeness (QED) is 0.243. The fourth-order valence-electron chi connectivity index (χ4n) is 3.77. The number of hydrogen-bond acceptors (Lipinski definition) is 6. The van der Waals surface area contributed by atoms with E-state index in [9.17, 15) is 14.0 Å². The monoisotopic (exact) mass is 484 g/mol. The van der Waals surface area contributed by atoms with Gasteiger partial charge in [0.2, 0.25) is 11.8 Å². The molecule has 2 aromatic carbocycles. The topological polar surface area (TPSA) is 81.9 Å². The third-order valence-electron chi connectivity index (χ3n) is 5.84. The van der Waals surface area contributed by atoms with Crippen LogP contribution in [0, 0.1) is 5.92 Å². The Morgan fingerprint density at radius 1 is 1.09 bits per heavy atom. The second-order valence-electron chi connectivity index (χ2n) is 8.42. The predicted octanol–water partition coefficient (Wildman–Crippen LogP) is 4.73. The molecule has 0 N–H and O–H groups in total. The van der Waals surface area contributed by atoms with Gasteiger partial charge in [0, 0.05) is 13.2 Å².